The molecule has 0 heterocycles. The molecule has 0 radical (unpaired) electrons. The van der Waals surface area contributed by atoms with Crippen LogP contribution in [-0.2, 0) is 17.5 Å². The Morgan fingerprint density at radius 1 is 1.18 bits per heavy atom. The van der Waals surface area contributed by atoms with Gasteiger partial charge in [-0.2, -0.15) is 0 Å². The van der Waals surface area contributed by atoms with Crippen LogP contribution in [0.1, 0.15) is 25.7 Å². The van der Waals surface area contributed by atoms with Crippen LogP contribution in [0.2, 0.25) is 0 Å². The summed E-state index contributed by atoms with van der Waals surface area (Å²) in [6, 6.07) is 0. The zero-order valence-electron chi connectivity index (χ0n) is 6.06. The van der Waals surface area contributed by atoms with Crippen LogP contribution in [0.4, 0.5) is 0 Å². The van der Waals surface area contributed by atoms with E-state index >= 15 is 0 Å². The van der Waals surface area contributed by atoms with Crippen LogP contribution in [-0.4, -0.2) is 8.93 Å². The van der Waals surface area contributed by atoms with E-state index in [1.165, 1.54) is 0 Å². The predicted octanol–water partition coefficient (Wildman–Crippen LogP) is 1.35. The van der Waals surface area contributed by atoms with Crippen LogP contribution in [0.3, 0.4) is 0 Å². The van der Waals surface area contributed by atoms with Gasteiger partial charge in [0.15, 0.2) is 0 Å². The summed E-state index contributed by atoms with van der Waals surface area (Å²) in [5.41, 5.74) is 11.0. The van der Waals surface area contributed by atoms with E-state index in [9.17, 15) is 0 Å². The van der Waals surface area contributed by atoms with Crippen molar-refractivity contribution in [2.75, 3.05) is 0 Å². The van der Waals surface area contributed by atoms with Gasteiger partial charge in [-0.25, -0.2) is 0 Å². The van der Waals surface area contributed by atoms with E-state index in [-0.39, 0.29) is 0 Å². The number of halogens is 2. The SMILES string of the molecule is NC1(N)CCCC[C]1(Cl)[Pt][Cl]. The third kappa shape index (κ3) is 1.92. The summed E-state index contributed by atoms with van der Waals surface area (Å²) in [5.74, 6) is 0. The van der Waals surface area contributed by atoms with Gasteiger partial charge in [0.05, 0.1) is 0 Å². The second-order valence-electron chi connectivity index (χ2n) is 2.96. The molecule has 0 spiro atoms. The summed E-state index contributed by atoms with van der Waals surface area (Å²) in [6.07, 6.45) is 3.84. The molecule has 0 aromatic rings. The Morgan fingerprint density at radius 3 is 2.09 bits per heavy atom. The average molecular weight is 378 g/mol. The fraction of sp³-hybridized carbons (Fsp3) is 1.00. The van der Waals surface area contributed by atoms with Crippen molar-refractivity contribution >= 4 is 21.0 Å². The van der Waals surface area contributed by atoms with Crippen LogP contribution in [0, 0.1) is 0 Å². The molecule has 70 valence electrons. The summed E-state index contributed by atoms with van der Waals surface area (Å²) in [6.45, 7) is 0. The first-order chi connectivity index (χ1) is 5.02. The van der Waals surface area contributed by atoms with Gasteiger partial charge in [0.25, 0.3) is 0 Å². The van der Waals surface area contributed by atoms with Crippen molar-refractivity contribution in [3.8, 4) is 0 Å². The molecule has 5 heteroatoms. The van der Waals surface area contributed by atoms with Gasteiger partial charge in [0, 0.05) is 0 Å². The van der Waals surface area contributed by atoms with E-state index < -0.39 is 26.4 Å². The summed E-state index contributed by atoms with van der Waals surface area (Å²) in [4.78, 5) is 0. The van der Waals surface area contributed by atoms with E-state index in [0.29, 0.717) is 0 Å². The summed E-state index contributed by atoms with van der Waals surface area (Å²) in [5, 5.41) is 0. The molecule has 0 aromatic carbocycles. The maximum absolute atomic E-state index is 6.22. The first-order valence-corrected chi connectivity index (χ1v) is 7.83. The van der Waals surface area contributed by atoms with Crippen molar-refractivity contribution in [3.63, 3.8) is 0 Å². The molecule has 0 aromatic heterocycles. The Kier molecular flexibility index (Phi) is 3.28. The van der Waals surface area contributed by atoms with Crippen LogP contribution in [0.15, 0.2) is 0 Å². The molecular formula is C6H12Cl2N2Pt. The Labute approximate surface area is 84.4 Å². The molecule has 1 rings (SSSR count). The van der Waals surface area contributed by atoms with Crippen LogP contribution >= 0.6 is 21.0 Å². The number of hydrogen-bond acceptors (Lipinski definition) is 2. The van der Waals surface area contributed by atoms with Crippen molar-refractivity contribution < 1.29 is 17.5 Å². The second kappa shape index (κ2) is 3.51. The molecule has 1 aliphatic rings. The predicted molar refractivity (Wildman–Crippen MR) is 44.0 cm³/mol. The van der Waals surface area contributed by atoms with Gasteiger partial charge >= 0.3 is 84.6 Å². The maximum atomic E-state index is 6.22. The average Bonchev–Trinajstić information content (AvgIpc) is 1.95. The molecule has 0 saturated heterocycles. The zero-order chi connectivity index (χ0) is 8.54. The van der Waals surface area contributed by atoms with Crippen molar-refractivity contribution in [2.24, 2.45) is 11.5 Å². The van der Waals surface area contributed by atoms with Crippen molar-refractivity contribution in [3.05, 3.63) is 0 Å². The molecule has 1 saturated carbocycles. The Hall–Kier alpha value is 1.19. The van der Waals surface area contributed by atoms with E-state index in [4.69, 9.17) is 32.5 Å². The molecular weight excluding hydrogens is 366 g/mol. The van der Waals surface area contributed by atoms with E-state index in [2.05, 4.69) is 0 Å². The minimum absolute atomic E-state index is 0.479. The first kappa shape index (κ1) is 10.3. The third-order valence-corrected chi connectivity index (χ3v) is 7.57. The Morgan fingerprint density at radius 2 is 1.73 bits per heavy atom. The number of nitrogens with two attached hydrogens (primary N) is 2. The zero-order valence-corrected chi connectivity index (χ0v) is 9.84. The van der Waals surface area contributed by atoms with Crippen molar-refractivity contribution in [2.45, 2.75) is 34.6 Å². The first-order valence-electron chi connectivity index (χ1n) is 3.50. The monoisotopic (exact) mass is 377 g/mol. The minimum atomic E-state index is -0.734. The van der Waals surface area contributed by atoms with E-state index in [1.54, 1.807) is 0 Å². The van der Waals surface area contributed by atoms with Crippen LogP contribution in [0.5, 0.6) is 0 Å². The quantitative estimate of drug-likeness (QED) is 0.535. The van der Waals surface area contributed by atoms with Gasteiger partial charge < -0.3 is 0 Å². The number of rotatable bonds is 1. The Bertz CT molecular complexity index is 154. The number of hydrogen-bond donors (Lipinski definition) is 2. The second-order valence-corrected chi connectivity index (χ2v) is 7.61. The molecule has 0 amide bonds. The molecule has 1 aliphatic carbocycles. The number of alkyl halides is 1. The van der Waals surface area contributed by atoms with Crippen molar-refractivity contribution in [1.82, 2.24) is 0 Å². The van der Waals surface area contributed by atoms with Gasteiger partial charge in [-0.05, 0) is 0 Å². The molecule has 0 aliphatic heterocycles. The molecule has 11 heavy (non-hydrogen) atoms. The van der Waals surface area contributed by atoms with E-state index in [0.717, 1.165) is 25.7 Å². The van der Waals surface area contributed by atoms with Crippen molar-refractivity contribution in [1.29, 1.82) is 0 Å². The Balaban J connectivity index is 2.74. The standard InChI is InChI=1S/C6H12ClN2.ClH.Pt/c7-5-3-1-2-4-6(5,8)9;;/h1-4,8-9H2;1H;/q;;+1/p-1. The third-order valence-electron chi connectivity index (χ3n) is 2.06. The fourth-order valence-corrected chi connectivity index (χ4v) is 4.18. The van der Waals surface area contributed by atoms with E-state index in [1.807, 2.05) is 0 Å². The summed E-state index contributed by atoms with van der Waals surface area (Å²) in [7, 11) is 5.83. The molecule has 1 unspecified atom stereocenters. The van der Waals surface area contributed by atoms with Crippen LogP contribution in [0.25, 0.3) is 0 Å². The summed E-state index contributed by atoms with van der Waals surface area (Å²) >= 11 is 5.61. The van der Waals surface area contributed by atoms with Gasteiger partial charge in [0.2, 0.25) is 0 Å². The molecule has 1 fully saturated rings. The molecule has 4 N–H and O–H groups in total. The summed E-state index contributed by atoms with van der Waals surface area (Å²) < 4.78 is -0.479. The molecule has 2 nitrogen and oxygen atoms in total. The van der Waals surface area contributed by atoms with Gasteiger partial charge in [0.1, 0.15) is 0 Å². The fourth-order valence-electron chi connectivity index (χ4n) is 1.25. The van der Waals surface area contributed by atoms with Gasteiger partial charge in [-0.3, -0.25) is 0 Å². The van der Waals surface area contributed by atoms with Gasteiger partial charge in [-0.1, -0.05) is 0 Å². The normalized spacial score (nSPS) is 37.5. The van der Waals surface area contributed by atoms with Crippen LogP contribution < -0.4 is 11.5 Å². The molecule has 1 atom stereocenters. The van der Waals surface area contributed by atoms with Gasteiger partial charge in [-0.15, -0.1) is 0 Å². The topological polar surface area (TPSA) is 52.0 Å². The molecule has 0 bridgehead atoms.